The van der Waals surface area contributed by atoms with Crippen LogP contribution in [0.3, 0.4) is 0 Å². The molecule has 8 nitrogen and oxygen atoms in total. The molecule has 3 heterocycles. The summed E-state index contributed by atoms with van der Waals surface area (Å²) in [5, 5.41) is 22.0. The van der Waals surface area contributed by atoms with Gasteiger partial charge >= 0.3 is 0 Å². The van der Waals surface area contributed by atoms with Crippen molar-refractivity contribution in [1.29, 1.82) is 5.26 Å². The lowest BCUT2D eigenvalue weighted by Gasteiger charge is -2.36. The van der Waals surface area contributed by atoms with E-state index in [0.29, 0.717) is 30.1 Å². The largest absolute Gasteiger partial charge is 0.367 e. The average molecular weight is 373 g/mol. The van der Waals surface area contributed by atoms with E-state index < -0.39 is 0 Å². The molecule has 1 amide bonds. The van der Waals surface area contributed by atoms with Crippen molar-refractivity contribution in [3.05, 3.63) is 53.5 Å². The van der Waals surface area contributed by atoms with E-state index in [1.54, 1.807) is 24.3 Å². The van der Waals surface area contributed by atoms with Crippen LogP contribution in [0.15, 0.2) is 36.5 Å². The van der Waals surface area contributed by atoms with Gasteiger partial charge in [-0.05, 0) is 37.1 Å². The zero-order chi connectivity index (χ0) is 19.1. The number of amides is 1. The number of nitriles is 1. The summed E-state index contributed by atoms with van der Waals surface area (Å²) in [4.78, 5) is 16.8. The molecular formula is C20H19N7O. The van der Waals surface area contributed by atoms with Gasteiger partial charge < -0.3 is 9.80 Å². The molecule has 8 heteroatoms. The first-order chi connectivity index (χ1) is 13.7. The third-order valence-electron chi connectivity index (χ3n) is 5.41. The Balaban J connectivity index is 1.27. The average Bonchev–Trinajstić information content (AvgIpc) is 3.52. The molecule has 1 aromatic carbocycles. The molecule has 0 unspecified atom stereocenters. The summed E-state index contributed by atoms with van der Waals surface area (Å²) in [6.07, 6.45) is 4.19. The molecular weight excluding hydrogens is 354 g/mol. The summed E-state index contributed by atoms with van der Waals surface area (Å²) >= 11 is 0. The van der Waals surface area contributed by atoms with Crippen LogP contribution in [0, 0.1) is 11.3 Å². The van der Waals surface area contributed by atoms with E-state index in [1.165, 1.54) is 12.8 Å². The van der Waals surface area contributed by atoms with Gasteiger partial charge in [0.05, 0.1) is 23.5 Å². The molecule has 0 radical (unpaired) electrons. The highest BCUT2D eigenvalue weighted by Gasteiger charge is 2.29. The van der Waals surface area contributed by atoms with E-state index in [4.69, 9.17) is 5.26 Å². The summed E-state index contributed by atoms with van der Waals surface area (Å²) in [5.41, 5.74) is 2.96. The Morgan fingerprint density at radius 1 is 1.07 bits per heavy atom. The van der Waals surface area contributed by atoms with Crippen molar-refractivity contribution < 1.29 is 4.79 Å². The molecule has 0 spiro atoms. The van der Waals surface area contributed by atoms with Gasteiger partial charge in [-0.15, -0.1) is 10.2 Å². The number of benzene rings is 1. The maximum absolute atomic E-state index is 12.7. The minimum absolute atomic E-state index is 0.00393. The Kier molecular flexibility index (Phi) is 3.93. The maximum Gasteiger partial charge on any atom is 0.253 e. The van der Waals surface area contributed by atoms with Gasteiger partial charge in [0, 0.05) is 43.7 Å². The fourth-order valence-corrected chi connectivity index (χ4v) is 3.61. The molecule has 1 aliphatic carbocycles. The predicted molar refractivity (Wildman–Crippen MR) is 102 cm³/mol. The predicted octanol–water partition coefficient (Wildman–Crippen LogP) is 1.84. The summed E-state index contributed by atoms with van der Waals surface area (Å²) in [6, 6.07) is 10.9. The van der Waals surface area contributed by atoms with Crippen LogP contribution in [-0.4, -0.2) is 56.8 Å². The summed E-state index contributed by atoms with van der Waals surface area (Å²) in [6.45, 7) is 2.76. The number of nitrogens with zero attached hydrogens (tertiary/aromatic N) is 7. The first-order valence-corrected chi connectivity index (χ1v) is 9.49. The molecule has 1 aliphatic heterocycles. The highest BCUT2D eigenvalue weighted by Crippen LogP contribution is 2.38. The minimum Gasteiger partial charge on any atom is -0.367 e. The third-order valence-corrected chi connectivity index (χ3v) is 5.41. The zero-order valence-electron chi connectivity index (χ0n) is 15.3. The Hall–Kier alpha value is -3.47. The molecule has 1 saturated heterocycles. The van der Waals surface area contributed by atoms with Crippen molar-refractivity contribution in [1.82, 2.24) is 24.7 Å². The molecule has 0 bridgehead atoms. The van der Waals surface area contributed by atoms with Crippen LogP contribution in [0.2, 0.25) is 0 Å². The molecule has 0 atom stereocenters. The monoisotopic (exact) mass is 373 g/mol. The number of piperazine rings is 1. The van der Waals surface area contributed by atoms with Gasteiger partial charge in [0.25, 0.3) is 5.91 Å². The molecule has 28 heavy (non-hydrogen) atoms. The third kappa shape index (κ3) is 2.95. The van der Waals surface area contributed by atoms with E-state index in [1.807, 2.05) is 21.7 Å². The van der Waals surface area contributed by atoms with Crippen LogP contribution >= 0.6 is 0 Å². The van der Waals surface area contributed by atoms with Crippen molar-refractivity contribution in [2.75, 3.05) is 31.1 Å². The Morgan fingerprint density at radius 2 is 1.82 bits per heavy atom. The second kappa shape index (κ2) is 6.60. The molecule has 5 rings (SSSR count). The lowest BCUT2D eigenvalue weighted by Crippen LogP contribution is -2.48. The fraction of sp³-hybridized carbons (Fsp3) is 0.350. The number of carbonyl (C=O) groups excluding carboxylic acids is 1. The van der Waals surface area contributed by atoms with Crippen molar-refractivity contribution in [3.63, 3.8) is 0 Å². The van der Waals surface area contributed by atoms with Gasteiger partial charge in [0.1, 0.15) is 0 Å². The number of hydrogen-bond donors (Lipinski definition) is 0. The Bertz CT molecular complexity index is 1070. The van der Waals surface area contributed by atoms with Crippen molar-refractivity contribution >= 4 is 17.2 Å². The summed E-state index contributed by atoms with van der Waals surface area (Å²) in [7, 11) is 0. The van der Waals surface area contributed by atoms with Gasteiger partial charge in [-0.25, -0.2) is 0 Å². The van der Waals surface area contributed by atoms with Crippen LogP contribution in [0.1, 0.15) is 40.5 Å². The van der Waals surface area contributed by atoms with Crippen molar-refractivity contribution in [3.8, 4) is 6.07 Å². The fourth-order valence-electron chi connectivity index (χ4n) is 3.61. The SMILES string of the molecule is N#Cc1ccc(C(=O)N2CCN(c3cnn4c(C5CC5)nnc4c3)CC2)cc1. The molecule has 2 aromatic heterocycles. The number of hydrogen-bond acceptors (Lipinski definition) is 6. The molecule has 2 aliphatic rings. The first-order valence-electron chi connectivity index (χ1n) is 9.49. The van der Waals surface area contributed by atoms with Gasteiger partial charge in [-0.2, -0.15) is 14.9 Å². The summed E-state index contributed by atoms with van der Waals surface area (Å²) < 4.78 is 1.84. The quantitative estimate of drug-likeness (QED) is 0.696. The molecule has 140 valence electrons. The normalized spacial score (nSPS) is 17.0. The number of rotatable bonds is 3. The highest BCUT2D eigenvalue weighted by molar-refractivity contribution is 5.94. The van der Waals surface area contributed by atoms with Gasteiger partial charge in [0.15, 0.2) is 11.5 Å². The maximum atomic E-state index is 12.7. The van der Waals surface area contributed by atoms with Gasteiger partial charge in [-0.3, -0.25) is 4.79 Å². The van der Waals surface area contributed by atoms with Gasteiger partial charge in [-0.1, -0.05) is 0 Å². The van der Waals surface area contributed by atoms with Gasteiger partial charge in [0.2, 0.25) is 0 Å². The number of carbonyl (C=O) groups is 1. The van der Waals surface area contributed by atoms with Crippen LogP contribution in [-0.2, 0) is 0 Å². The summed E-state index contributed by atoms with van der Waals surface area (Å²) in [5.74, 6) is 1.47. The molecule has 0 N–H and O–H groups in total. The van der Waals surface area contributed by atoms with E-state index in [0.717, 1.165) is 30.2 Å². The Morgan fingerprint density at radius 3 is 2.50 bits per heavy atom. The lowest BCUT2D eigenvalue weighted by molar-refractivity contribution is 0.0747. The number of anilines is 1. The van der Waals surface area contributed by atoms with Crippen LogP contribution in [0.25, 0.3) is 5.65 Å². The van der Waals surface area contributed by atoms with E-state index >= 15 is 0 Å². The molecule has 1 saturated carbocycles. The number of fused-ring (bicyclic) bond motifs is 1. The topological polar surface area (TPSA) is 90.4 Å². The number of aromatic nitrogens is 4. The molecule has 3 aromatic rings. The second-order valence-corrected chi connectivity index (χ2v) is 7.28. The second-order valence-electron chi connectivity index (χ2n) is 7.28. The van der Waals surface area contributed by atoms with Crippen LogP contribution in [0.5, 0.6) is 0 Å². The van der Waals surface area contributed by atoms with Crippen LogP contribution < -0.4 is 4.90 Å². The van der Waals surface area contributed by atoms with Crippen LogP contribution in [0.4, 0.5) is 5.69 Å². The molecule has 2 fully saturated rings. The van der Waals surface area contributed by atoms with Crippen molar-refractivity contribution in [2.24, 2.45) is 0 Å². The van der Waals surface area contributed by atoms with E-state index in [-0.39, 0.29) is 5.91 Å². The lowest BCUT2D eigenvalue weighted by atomic mass is 10.1. The standard InChI is InChI=1S/C20H19N7O/c21-12-14-1-3-16(4-2-14)20(28)26-9-7-25(8-10-26)17-11-18-23-24-19(15-5-6-15)27(18)22-13-17/h1-4,11,13,15H,5-10H2. The first kappa shape index (κ1) is 16.7. The highest BCUT2D eigenvalue weighted by atomic mass is 16.2. The van der Waals surface area contributed by atoms with E-state index in [9.17, 15) is 4.79 Å². The smallest absolute Gasteiger partial charge is 0.253 e. The van der Waals surface area contributed by atoms with Crippen molar-refractivity contribution in [2.45, 2.75) is 18.8 Å². The minimum atomic E-state index is 0.00393. The Labute approximate surface area is 162 Å². The zero-order valence-corrected chi connectivity index (χ0v) is 15.3. The van der Waals surface area contributed by atoms with E-state index in [2.05, 4.69) is 26.3 Å².